The summed E-state index contributed by atoms with van der Waals surface area (Å²) in [4.78, 5) is 11.9. The molecule has 1 aliphatic rings. The van der Waals surface area contributed by atoms with Crippen LogP contribution in [0.5, 0.6) is 0 Å². The molecule has 4 nitrogen and oxygen atoms in total. The zero-order chi connectivity index (χ0) is 15.2. The third-order valence-corrected chi connectivity index (χ3v) is 4.33. The average Bonchev–Trinajstić information content (AvgIpc) is 2.36. The van der Waals surface area contributed by atoms with Crippen molar-refractivity contribution in [2.24, 2.45) is 11.3 Å². The van der Waals surface area contributed by atoms with Gasteiger partial charge in [0.25, 0.3) is 0 Å². The number of nitrogens with one attached hydrogen (secondary N) is 2. The topological polar surface area (TPSA) is 61.4 Å². The van der Waals surface area contributed by atoms with Gasteiger partial charge in [-0.05, 0) is 50.4 Å². The Morgan fingerprint density at radius 3 is 2.40 bits per heavy atom. The van der Waals surface area contributed by atoms with E-state index in [-0.39, 0.29) is 17.6 Å². The minimum absolute atomic E-state index is 0.0661. The Hall–Kier alpha value is -0.770. The highest BCUT2D eigenvalue weighted by molar-refractivity contribution is 5.74. The van der Waals surface area contributed by atoms with Crippen LogP contribution in [0, 0.1) is 11.3 Å². The van der Waals surface area contributed by atoms with E-state index in [1.54, 1.807) is 6.92 Å². The van der Waals surface area contributed by atoms with E-state index in [2.05, 4.69) is 31.4 Å². The van der Waals surface area contributed by atoms with Crippen LogP contribution in [0.15, 0.2) is 0 Å². The summed E-state index contributed by atoms with van der Waals surface area (Å²) in [5.41, 5.74) is -0.0780. The molecule has 0 radical (unpaired) electrons. The number of rotatable bonds is 6. The van der Waals surface area contributed by atoms with Crippen molar-refractivity contribution in [2.75, 3.05) is 6.54 Å². The summed E-state index contributed by atoms with van der Waals surface area (Å²) in [6.07, 6.45) is 6.27. The summed E-state index contributed by atoms with van der Waals surface area (Å²) in [6.45, 7) is 8.75. The largest absolute Gasteiger partial charge is 0.393 e. The number of urea groups is 1. The number of carbonyl (C=O) groups is 1. The maximum absolute atomic E-state index is 11.9. The summed E-state index contributed by atoms with van der Waals surface area (Å²) in [7, 11) is 0. The van der Waals surface area contributed by atoms with Gasteiger partial charge in [0.1, 0.15) is 0 Å². The molecule has 0 bridgehead atoms. The van der Waals surface area contributed by atoms with Gasteiger partial charge in [-0.25, -0.2) is 4.79 Å². The van der Waals surface area contributed by atoms with Gasteiger partial charge in [-0.15, -0.1) is 0 Å². The van der Waals surface area contributed by atoms with Crippen molar-refractivity contribution >= 4 is 6.03 Å². The molecular weight excluding hydrogens is 252 g/mol. The second kappa shape index (κ2) is 7.87. The standard InChI is InChI=1S/C16H32N2O2/c1-5-13-6-8-14(9-7-13)18-15(20)17-11-16(3,4)10-12(2)19/h12-14,19H,5-11H2,1-4H3,(H2,17,18,20). The molecule has 0 spiro atoms. The van der Waals surface area contributed by atoms with E-state index in [9.17, 15) is 9.90 Å². The van der Waals surface area contributed by atoms with Crippen molar-refractivity contribution in [1.82, 2.24) is 10.6 Å². The summed E-state index contributed by atoms with van der Waals surface area (Å²) in [5, 5.41) is 15.5. The second-order valence-corrected chi connectivity index (χ2v) is 7.17. The summed E-state index contributed by atoms with van der Waals surface area (Å²) < 4.78 is 0. The molecule has 0 aromatic carbocycles. The molecule has 118 valence electrons. The molecule has 20 heavy (non-hydrogen) atoms. The normalized spacial score (nSPS) is 25.1. The minimum atomic E-state index is -0.334. The number of hydrogen-bond acceptors (Lipinski definition) is 2. The second-order valence-electron chi connectivity index (χ2n) is 7.17. The SMILES string of the molecule is CCC1CCC(NC(=O)NCC(C)(C)CC(C)O)CC1. The molecule has 4 heteroatoms. The molecule has 1 atom stereocenters. The lowest BCUT2D eigenvalue weighted by Crippen LogP contribution is -2.46. The molecule has 1 fully saturated rings. The predicted molar refractivity (Wildman–Crippen MR) is 82.7 cm³/mol. The van der Waals surface area contributed by atoms with Crippen LogP contribution in [0.4, 0.5) is 4.79 Å². The lowest BCUT2D eigenvalue weighted by atomic mass is 9.84. The van der Waals surface area contributed by atoms with E-state index >= 15 is 0 Å². The third kappa shape index (κ3) is 6.60. The van der Waals surface area contributed by atoms with Crippen LogP contribution in [-0.4, -0.2) is 29.8 Å². The molecule has 1 rings (SSSR count). The highest BCUT2D eigenvalue weighted by Gasteiger charge is 2.23. The van der Waals surface area contributed by atoms with E-state index in [0.29, 0.717) is 19.0 Å². The first-order valence-electron chi connectivity index (χ1n) is 8.05. The van der Waals surface area contributed by atoms with E-state index in [1.165, 1.54) is 19.3 Å². The first-order chi connectivity index (χ1) is 9.32. The predicted octanol–water partition coefficient (Wildman–Crippen LogP) is 3.05. The number of carbonyl (C=O) groups excluding carboxylic acids is 1. The van der Waals surface area contributed by atoms with Crippen molar-refractivity contribution < 1.29 is 9.90 Å². The zero-order valence-electron chi connectivity index (χ0n) is 13.5. The molecule has 0 heterocycles. The fourth-order valence-corrected chi connectivity index (χ4v) is 3.14. The third-order valence-electron chi connectivity index (χ3n) is 4.33. The quantitative estimate of drug-likeness (QED) is 0.702. The van der Waals surface area contributed by atoms with Crippen molar-refractivity contribution in [1.29, 1.82) is 0 Å². The van der Waals surface area contributed by atoms with Gasteiger partial charge in [-0.1, -0.05) is 27.2 Å². The molecule has 2 amide bonds. The Bertz CT molecular complexity index is 295. The van der Waals surface area contributed by atoms with Gasteiger partial charge in [0, 0.05) is 12.6 Å². The molecular formula is C16H32N2O2. The van der Waals surface area contributed by atoms with Crippen LogP contribution in [0.3, 0.4) is 0 Å². The van der Waals surface area contributed by atoms with E-state index < -0.39 is 0 Å². The van der Waals surface area contributed by atoms with Crippen molar-refractivity contribution in [3.63, 3.8) is 0 Å². The van der Waals surface area contributed by atoms with Crippen LogP contribution in [0.2, 0.25) is 0 Å². The maximum atomic E-state index is 11.9. The Balaban J connectivity index is 2.24. The van der Waals surface area contributed by atoms with Crippen LogP contribution in [0.1, 0.15) is 66.2 Å². The van der Waals surface area contributed by atoms with Gasteiger partial charge in [0.2, 0.25) is 0 Å². The Kier molecular flexibility index (Phi) is 6.80. The molecule has 0 saturated heterocycles. The number of aliphatic hydroxyl groups is 1. The number of amides is 2. The lowest BCUT2D eigenvalue weighted by Gasteiger charge is -2.30. The zero-order valence-corrected chi connectivity index (χ0v) is 13.5. The van der Waals surface area contributed by atoms with Crippen LogP contribution in [0.25, 0.3) is 0 Å². The smallest absolute Gasteiger partial charge is 0.315 e. The number of aliphatic hydroxyl groups excluding tert-OH is 1. The van der Waals surface area contributed by atoms with Gasteiger partial charge in [0.05, 0.1) is 6.10 Å². The van der Waals surface area contributed by atoms with Gasteiger partial charge in [-0.2, -0.15) is 0 Å². The first-order valence-corrected chi connectivity index (χ1v) is 8.05. The maximum Gasteiger partial charge on any atom is 0.315 e. The van der Waals surface area contributed by atoms with Crippen LogP contribution in [-0.2, 0) is 0 Å². The Labute approximate surface area is 123 Å². The summed E-state index contributed by atoms with van der Waals surface area (Å²) in [6, 6.07) is 0.265. The van der Waals surface area contributed by atoms with Gasteiger partial charge >= 0.3 is 6.03 Å². The highest BCUT2D eigenvalue weighted by Crippen LogP contribution is 2.26. The monoisotopic (exact) mass is 284 g/mol. The van der Waals surface area contributed by atoms with Crippen LogP contribution >= 0.6 is 0 Å². The Morgan fingerprint density at radius 2 is 1.90 bits per heavy atom. The molecule has 1 aliphatic carbocycles. The Morgan fingerprint density at radius 1 is 1.30 bits per heavy atom. The fraction of sp³-hybridized carbons (Fsp3) is 0.938. The summed E-state index contributed by atoms with van der Waals surface area (Å²) in [5.74, 6) is 0.848. The minimum Gasteiger partial charge on any atom is -0.393 e. The van der Waals surface area contributed by atoms with Gasteiger partial charge in [-0.3, -0.25) is 0 Å². The fourth-order valence-electron chi connectivity index (χ4n) is 3.14. The van der Waals surface area contributed by atoms with Crippen LogP contribution < -0.4 is 10.6 Å². The average molecular weight is 284 g/mol. The first kappa shape index (κ1) is 17.3. The summed E-state index contributed by atoms with van der Waals surface area (Å²) >= 11 is 0. The van der Waals surface area contributed by atoms with E-state index in [1.807, 2.05) is 0 Å². The van der Waals surface area contributed by atoms with Gasteiger partial charge in [0.15, 0.2) is 0 Å². The molecule has 0 aliphatic heterocycles. The van der Waals surface area contributed by atoms with Crippen molar-refractivity contribution in [2.45, 2.75) is 78.4 Å². The molecule has 1 unspecified atom stereocenters. The molecule has 0 aromatic rings. The van der Waals surface area contributed by atoms with E-state index in [4.69, 9.17) is 0 Å². The lowest BCUT2D eigenvalue weighted by molar-refractivity contribution is 0.128. The highest BCUT2D eigenvalue weighted by atomic mass is 16.3. The van der Waals surface area contributed by atoms with E-state index in [0.717, 1.165) is 18.8 Å². The van der Waals surface area contributed by atoms with Gasteiger partial charge < -0.3 is 15.7 Å². The van der Waals surface area contributed by atoms with Crippen molar-refractivity contribution in [3.8, 4) is 0 Å². The molecule has 0 aromatic heterocycles. The number of hydrogen-bond donors (Lipinski definition) is 3. The molecule has 3 N–H and O–H groups in total. The molecule has 1 saturated carbocycles. The van der Waals surface area contributed by atoms with Crippen molar-refractivity contribution in [3.05, 3.63) is 0 Å².